The van der Waals surface area contributed by atoms with Crippen molar-refractivity contribution in [2.45, 2.75) is 45.2 Å². The molecule has 0 amide bonds. The van der Waals surface area contributed by atoms with Crippen LogP contribution in [-0.2, 0) is 6.54 Å². The Morgan fingerprint density at radius 1 is 1.19 bits per heavy atom. The van der Waals surface area contributed by atoms with Gasteiger partial charge < -0.3 is 10.1 Å². The zero-order valence-corrected chi connectivity index (χ0v) is 12.7. The van der Waals surface area contributed by atoms with Gasteiger partial charge in [0.25, 0.3) is 0 Å². The molecule has 0 atom stereocenters. The van der Waals surface area contributed by atoms with Crippen molar-refractivity contribution in [3.63, 3.8) is 0 Å². The number of benzene rings is 1. The van der Waals surface area contributed by atoms with Gasteiger partial charge in [-0.25, -0.2) is 0 Å². The van der Waals surface area contributed by atoms with Crippen molar-refractivity contribution in [1.29, 1.82) is 0 Å². The highest BCUT2D eigenvalue weighted by molar-refractivity contribution is 5.35. The van der Waals surface area contributed by atoms with Gasteiger partial charge in [0.15, 0.2) is 0 Å². The summed E-state index contributed by atoms with van der Waals surface area (Å²) in [7, 11) is 0. The maximum atomic E-state index is 5.94. The molecule has 1 aliphatic carbocycles. The minimum Gasteiger partial charge on any atom is -0.456 e. The van der Waals surface area contributed by atoms with Gasteiger partial charge in [-0.2, -0.15) is 0 Å². The summed E-state index contributed by atoms with van der Waals surface area (Å²) < 4.78 is 5.94. The molecule has 1 aromatic heterocycles. The Kier molecular flexibility index (Phi) is 4.20. The lowest BCUT2D eigenvalue weighted by molar-refractivity contribution is 0.478. The summed E-state index contributed by atoms with van der Waals surface area (Å²) in [5.74, 6) is 2.17. The second kappa shape index (κ2) is 6.27. The van der Waals surface area contributed by atoms with Crippen LogP contribution in [0, 0.1) is 0 Å². The molecule has 21 heavy (non-hydrogen) atoms. The van der Waals surface area contributed by atoms with Crippen molar-refractivity contribution >= 4 is 0 Å². The predicted octanol–water partition coefficient (Wildman–Crippen LogP) is 4.25. The first-order chi connectivity index (χ1) is 10.2. The van der Waals surface area contributed by atoms with Gasteiger partial charge in [0, 0.05) is 18.8 Å². The first-order valence-electron chi connectivity index (χ1n) is 7.66. The van der Waals surface area contributed by atoms with Gasteiger partial charge in [-0.15, -0.1) is 0 Å². The SMILES string of the molecule is CC(C)c1cccc(Oc2cncc(CNC3CC3)c2)c1. The molecule has 1 saturated carbocycles. The Morgan fingerprint density at radius 3 is 2.81 bits per heavy atom. The van der Waals surface area contributed by atoms with Crippen molar-refractivity contribution in [3.05, 3.63) is 53.9 Å². The second-order valence-corrected chi connectivity index (χ2v) is 6.01. The van der Waals surface area contributed by atoms with Crippen LogP contribution in [-0.4, -0.2) is 11.0 Å². The molecular weight excluding hydrogens is 260 g/mol. The average molecular weight is 282 g/mol. The standard InChI is InChI=1S/C18H22N2O/c1-13(2)15-4-3-5-17(9-15)21-18-8-14(10-19-12-18)11-20-16-6-7-16/h3-5,8-10,12-13,16,20H,6-7,11H2,1-2H3. The van der Waals surface area contributed by atoms with E-state index in [4.69, 9.17) is 4.74 Å². The normalized spacial score (nSPS) is 14.4. The fourth-order valence-corrected chi connectivity index (χ4v) is 2.24. The van der Waals surface area contributed by atoms with Crippen LogP contribution in [0.5, 0.6) is 11.5 Å². The van der Waals surface area contributed by atoms with Crippen LogP contribution in [0.15, 0.2) is 42.7 Å². The van der Waals surface area contributed by atoms with Crippen LogP contribution in [0.3, 0.4) is 0 Å². The fourth-order valence-electron chi connectivity index (χ4n) is 2.24. The highest BCUT2D eigenvalue weighted by Gasteiger charge is 2.19. The maximum absolute atomic E-state index is 5.94. The summed E-state index contributed by atoms with van der Waals surface area (Å²) in [5.41, 5.74) is 2.45. The van der Waals surface area contributed by atoms with Crippen molar-refractivity contribution in [2.75, 3.05) is 0 Å². The van der Waals surface area contributed by atoms with Gasteiger partial charge in [0.1, 0.15) is 11.5 Å². The largest absolute Gasteiger partial charge is 0.456 e. The minimum atomic E-state index is 0.501. The van der Waals surface area contributed by atoms with E-state index >= 15 is 0 Å². The molecule has 3 nitrogen and oxygen atoms in total. The van der Waals surface area contributed by atoms with E-state index in [1.54, 1.807) is 6.20 Å². The molecule has 1 N–H and O–H groups in total. The molecule has 0 saturated heterocycles. The van der Waals surface area contributed by atoms with Crippen molar-refractivity contribution in [1.82, 2.24) is 10.3 Å². The van der Waals surface area contributed by atoms with Crippen molar-refractivity contribution < 1.29 is 4.74 Å². The lowest BCUT2D eigenvalue weighted by Crippen LogP contribution is -2.15. The Morgan fingerprint density at radius 2 is 2.05 bits per heavy atom. The van der Waals surface area contributed by atoms with Gasteiger partial charge in [0.05, 0.1) is 6.20 Å². The first kappa shape index (κ1) is 14.1. The van der Waals surface area contributed by atoms with E-state index in [0.29, 0.717) is 12.0 Å². The smallest absolute Gasteiger partial charge is 0.146 e. The molecule has 0 aliphatic heterocycles. The minimum absolute atomic E-state index is 0.501. The number of pyridine rings is 1. The van der Waals surface area contributed by atoms with Crippen LogP contribution in [0.1, 0.15) is 43.7 Å². The first-order valence-corrected chi connectivity index (χ1v) is 7.66. The van der Waals surface area contributed by atoms with Crippen LogP contribution in [0.2, 0.25) is 0 Å². The monoisotopic (exact) mass is 282 g/mol. The van der Waals surface area contributed by atoms with Crippen LogP contribution < -0.4 is 10.1 Å². The van der Waals surface area contributed by atoms with E-state index in [2.05, 4.69) is 42.3 Å². The summed E-state index contributed by atoms with van der Waals surface area (Å²) in [4.78, 5) is 4.27. The zero-order valence-electron chi connectivity index (χ0n) is 12.7. The lowest BCUT2D eigenvalue weighted by Gasteiger charge is -2.10. The second-order valence-electron chi connectivity index (χ2n) is 6.01. The number of hydrogen-bond acceptors (Lipinski definition) is 3. The van der Waals surface area contributed by atoms with E-state index in [9.17, 15) is 0 Å². The van der Waals surface area contributed by atoms with Gasteiger partial charge >= 0.3 is 0 Å². The molecule has 110 valence electrons. The van der Waals surface area contributed by atoms with Gasteiger partial charge in [0.2, 0.25) is 0 Å². The van der Waals surface area contributed by atoms with Gasteiger partial charge in [-0.3, -0.25) is 4.98 Å². The zero-order chi connectivity index (χ0) is 14.7. The third-order valence-electron chi connectivity index (χ3n) is 3.70. The predicted molar refractivity (Wildman–Crippen MR) is 84.7 cm³/mol. The molecule has 3 heteroatoms. The average Bonchev–Trinajstić information content (AvgIpc) is 3.30. The molecule has 1 fully saturated rings. The molecule has 1 heterocycles. The van der Waals surface area contributed by atoms with E-state index in [1.165, 1.54) is 24.0 Å². The molecule has 1 aliphatic rings. The molecule has 0 spiro atoms. The number of ether oxygens (including phenoxy) is 1. The molecule has 0 bridgehead atoms. The number of rotatable bonds is 6. The summed E-state index contributed by atoms with van der Waals surface area (Å²) in [6, 6.07) is 11.0. The van der Waals surface area contributed by atoms with Gasteiger partial charge in [-0.1, -0.05) is 26.0 Å². The molecule has 2 aromatic rings. The Bertz CT molecular complexity index is 606. The Hall–Kier alpha value is -1.87. The Balaban J connectivity index is 1.68. The van der Waals surface area contributed by atoms with E-state index in [0.717, 1.165) is 18.0 Å². The molecule has 1 aromatic carbocycles. The van der Waals surface area contributed by atoms with Crippen LogP contribution in [0.4, 0.5) is 0 Å². The van der Waals surface area contributed by atoms with Crippen LogP contribution in [0.25, 0.3) is 0 Å². The topological polar surface area (TPSA) is 34.1 Å². The number of nitrogens with zero attached hydrogens (tertiary/aromatic N) is 1. The Labute approximate surface area is 126 Å². The summed E-state index contributed by atoms with van der Waals surface area (Å²) >= 11 is 0. The third kappa shape index (κ3) is 4.05. The quantitative estimate of drug-likeness (QED) is 0.860. The molecule has 3 rings (SSSR count). The summed E-state index contributed by atoms with van der Waals surface area (Å²) in [5, 5.41) is 3.49. The lowest BCUT2D eigenvalue weighted by atomic mass is 10.0. The highest BCUT2D eigenvalue weighted by Crippen LogP contribution is 2.25. The summed E-state index contributed by atoms with van der Waals surface area (Å²) in [6.45, 7) is 5.23. The number of hydrogen-bond donors (Lipinski definition) is 1. The third-order valence-corrected chi connectivity index (χ3v) is 3.70. The maximum Gasteiger partial charge on any atom is 0.146 e. The van der Waals surface area contributed by atoms with Crippen LogP contribution >= 0.6 is 0 Å². The fraction of sp³-hybridized carbons (Fsp3) is 0.389. The highest BCUT2D eigenvalue weighted by atomic mass is 16.5. The number of nitrogens with one attached hydrogen (secondary N) is 1. The van der Waals surface area contributed by atoms with Crippen molar-refractivity contribution in [2.24, 2.45) is 0 Å². The number of aromatic nitrogens is 1. The van der Waals surface area contributed by atoms with Gasteiger partial charge in [-0.05, 0) is 48.1 Å². The molecule has 0 radical (unpaired) electrons. The molecule has 0 unspecified atom stereocenters. The van der Waals surface area contributed by atoms with Crippen molar-refractivity contribution in [3.8, 4) is 11.5 Å². The van der Waals surface area contributed by atoms with E-state index in [-0.39, 0.29) is 0 Å². The summed E-state index contributed by atoms with van der Waals surface area (Å²) in [6.07, 6.45) is 6.26. The van der Waals surface area contributed by atoms with E-state index < -0.39 is 0 Å². The molecular formula is C18H22N2O. The van der Waals surface area contributed by atoms with E-state index in [1.807, 2.05) is 18.3 Å².